The van der Waals surface area contributed by atoms with Crippen LogP contribution in [-0.2, 0) is 16.2 Å². The van der Waals surface area contributed by atoms with E-state index in [9.17, 15) is 21.6 Å². The zero-order valence-corrected chi connectivity index (χ0v) is 22.9. The van der Waals surface area contributed by atoms with Crippen LogP contribution in [-0.4, -0.2) is 78.1 Å². The Hall–Kier alpha value is -3.42. The summed E-state index contributed by atoms with van der Waals surface area (Å²) >= 11 is 0. The van der Waals surface area contributed by atoms with Crippen LogP contribution in [0, 0.1) is 0 Å². The van der Waals surface area contributed by atoms with Crippen LogP contribution in [0.5, 0.6) is 0 Å². The molecule has 0 amide bonds. The van der Waals surface area contributed by atoms with E-state index in [1.165, 1.54) is 24.3 Å². The molecule has 1 fully saturated rings. The van der Waals surface area contributed by atoms with Crippen molar-refractivity contribution in [2.24, 2.45) is 4.99 Å². The number of hydrogen-bond acceptors (Lipinski definition) is 6. The first-order valence-electron chi connectivity index (χ1n) is 12.2. The van der Waals surface area contributed by atoms with Gasteiger partial charge in [-0.25, -0.2) is 27.7 Å². The summed E-state index contributed by atoms with van der Waals surface area (Å²) in [7, 11) is -1.85. The summed E-state index contributed by atoms with van der Waals surface area (Å²) in [5.74, 6) is -0.865. The van der Waals surface area contributed by atoms with Crippen molar-refractivity contribution in [2.75, 3.05) is 33.2 Å². The van der Waals surface area contributed by atoms with Gasteiger partial charge < -0.3 is 10.3 Å². The van der Waals surface area contributed by atoms with Gasteiger partial charge in [-0.3, -0.25) is 4.90 Å². The highest BCUT2D eigenvalue weighted by Gasteiger charge is 2.32. The molecule has 39 heavy (non-hydrogen) atoms. The smallest absolute Gasteiger partial charge is 0.417 e. The molecule has 1 aromatic heterocycles. The molecule has 0 saturated carbocycles. The van der Waals surface area contributed by atoms with Crippen molar-refractivity contribution >= 4 is 38.9 Å². The third kappa shape index (κ3) is 7.58. The average molecular weight is 562 g/mol. The molecular weight excluding hydrogens is 531 g/mol. The molecule has 13 heteroatoms. The van der Waals surface area contributed by atoms with Crippen LogP contribution in [0.3, 0.4) is 0 Å². The normalized spacial score (nSPS) is 17.1. The first-order valence-corrected chi connectivity index (χ1v) is 13.7. The van der Waals surface area contributed by atoms with E-state index in [0.717, 1.165) is 31.9 Å². The maximum Gasteiger partial charge on any atom is 0.417 e. The number of likely N-dealkylation sites (N-methyl/N-ethyl adjacent to an activating group) is 1. The summed E-state index contributed by atoms with van der Waals surface area (Å²) in [6.45, 7) is 8.75. The highest BCUT2D eigenvalue weighted by atomic mass is 32.2. The first-order chi connectivity index (χ1) is 18.2. The van der Waals surface area contributed by atoms with Crippen LogP contribution in [0.15, 0.2) is 64.7 Å². The molecule has 0 spiro atoms. The van der Waals surface area contributed by atoms with E-state index in [-0.39, 0.29) is 16.5 Å². The van der Waals surface area contributed by atoms with Gasteiger partial charge in [0.15, 0.2) is 18.8 Å². The van der Waals surface area contributed by atoms with Crippen LogP contribution in [0.1, 0.15) is 26.3 Å². The lowest BCUT2D eigenvalue weighted by Gasteiger charge is -2.23. The molecule has 0 atom stereocenters. The van der Waals surface area contributed by atoms with E-state index in [4.69, 9.17) is 0 Å². The van der Waals surface area contributed by atoms with Crippen molar-refractivity contribution in [3.8, 4) is 0 Å². The van der Waals surface area contributed by atoms with Gasteiger partial charge in [-0.2, -0.15) is 13.2 Å². The molecule has 0 radical (unpaired) electrons. The monoisotopic (exact) mass is 561 g/mol. The molecule has 1 aromatic carbocycles. The number of sulfonamides is 1. The van der Waals surface area contributed by atoms with Gasteiger partial charge in [0.1, 0.15) is 5.95 Å². The second kappa shape index (κ2) is 11.0. The standard InChI is InChI=1S/C26H30F3N7O2S/c1-25(2,3)34-39(37,38)21-7-5-6-19(16-21)31-23-22(26(27,28)29)17-30-24(33-23)32-18-8-10-20(11-9-18)36-14-12-35(4)13-15-36/h5-11,16-17,34H,12-15H2,1-4H3. The number of hydrogen-bond donors (Lipinski definition) is 1. The Labute approximate surface area is 225 Å². The topological polar surface area (TPSA) is 105 Å². The Kier molecular flexibility index (Phi) is 8.05. The molecule has 1 saturated heterocycles. The SMILES string of the molecule is CN1CC[N+](=C2C=CC(=Nc3ncc(C(F)(F)F)c([N-]c4cccc(S(=O)(=O)NC(C)(C)C)c4)n3)C=C2)CC1. The lowest BCUT2D eigenvalue weighted by Crippen LogP contribution is -2.41. The fourth-order valence-electron chi connectivity index (χ4n) is 3.93. The van der Waals surface area contributed by atoms with Crippen molar-refractivity contribution in [2.45, 2.75) is 37.4 Å². The Morgan fingerprint density at radius 3 is 2.36 bits per heavy atom. The fraction of sp³-hybridized carbons (Fsp3) is 0.385. The first kappa shape index (κ1) is 28.6. The number of nitrogens with zero attached hydrogens (tertiary/aromatic N) is 6. The lowest BCUT2D eigenvalue weighted by molar-refractivity contribution is -0.537. The summed E-state index contributed by atoms with van der Waals surface area (Å²) in [5.41, 5.74) is -0.422. The Balaban J connectivity index is 1.61. The molecule has 2 aromatic rings. The number of allylic oxidation sites excluding steroid dienone is 4. The Morgan fingerprint density at radius 2 is 1.74 bits per heavy atom. The second-order valence-corrected chi connectivity index (χ2v) is 12.0. The van der Waals surface area contributed by atoms with E-state index in [2.05, 4.69) is 41.5 Å². The molecule has 2 aliphatic rings. The Bertz CT molecular complexity index is 1450. The predicted molar refractivity (Wildman–Crippen MR) is 144 cm³/mol. The van der Waals surface area contributed by atoms with Gasteiger partial charge in [0.05, 0.1) is 29.3 Å². The quantitative estimate of drug-likeness (QED) is 0.428. The van der Waals surface area contributed by atoms with Crippen molar-refractivity contribution in [1.82, 2.24) is 19.6 Å². The summed E-state index contributed by atoms with van der Waals surface area (Å²) in [6, 6.07) is 5.32. The van der Waals surface area contributed by atoms with Crippen molar-refractivity contribution in [3.63, 3.8) is 0 Å². The van der Waals surface area contributed by atoms with Gasteiger partial charge in [0.2, 0.25) is 10.0 Å². The third-order valence-corrected chi connectivity index (χ3v) is 7.57. The highest BCUT2D eigenvalue weighted by molar-refractivity contribution is 7.89. The zero-order valence-electron chi connectivity index (χ0n) is 22.1. The maximum atomic E-state index is 13.7. The summed E-state index contributed by atoms with van der Waals surface area (Å²) in [4.78, 5) is 14.1. The number of piperazine rings is 1. The fourth-order valence-corrected chi connectivity index (χ4v) is 5.38. The second-order valence-electron chi connectivity index (χ2n) is 10.3. The molecule has 1 aliphatic heterocycles. The number of aromatic nitrogens is 2. The van der Waals surface area contributed by atoms with Gasteiger partial charge in [-0.1, -0.05) is 12.1 Å². The molecule has 1 aliphatic carbocycles. The van der Waals surface area contributed by atoms with Crippen LogP contribution in [0.4, 0.5) is 30.6 Å². The van der Waals surface area contributed by atoms with E-state index in [1.807, 2.05) is 12.2 Å². The van der Waals surface area contributed by atoms with E-state index >= 15 is 0 Å². The molecule has 208 valence electrons. The third-order valence-electron chi connectivity index (χ3n) is 5.81. The highest BCUT2D eigenvalue weighted by Crippen LogP contribution is 2.41. The summed E-state index contributed by atoms with van der Waals surface area (Å²) < 4.78 is 71.3. The number of rotatable bonds is 5. The molecule has 2 heterocycles. The van der Waals surface area contributed by atoms with E-state index in [1.54, 1.807) is 32.9 Å². The maximum absolute atomic E-state index is 13.7. The number of alkyl halides is 3. The Morgan fingerprint density at radius 1 is 1.08 bits per heavy atom. The van der Waals surface area contributed by atoms with Gasteiger partial charge >= 0.3 is 6.18 Å². The van der Waals surface area contributed by atoms with Gasteiger partial charge in [-0.05, 0) is 63.6 Å². The summed E-state index contributed by atoms with van der Waals surface area (Å²) in [6.07, 6.45) is 3.16. The molecular formula is C26H30F3N7O2S. The molecule has 9 nitrogen and oxygen atoms in total. The summed E-state index contributed by atoms with van der Waals surface area (Å²) in [5, 5.41) is 4.03. The average Bonchev–Trinajstić information content (AvgIpc) is 2.83. The number of halogens is 3. The number of nitrogens with one attached hydrogen (secondary N) is 1. The molecule has 1 N–H and O–H groups in total. The molecule has 4 rings (SSSR count). The number of aliphatic imine (C=N–C) groups is 1. The zero-order chi connectivity index (χ0) is 28.4. The minimum Gasteiger partial charge on any atom is -0.436 e. The van der Waals surface area contributed by atoms with Crippen LogP contribution < -0.4 is 4.72 Å². The molecule has 0 unspecified atom stereocenters. The predicted octanol–water partition coefficient (Wildman–Crippen LogP) is 4.51. The number of benzene rings is 1. The van der Waals surface area contributed by atoms with Gasteiger partial charge in [0, 0.05) is 23.9 Å². The van der Waals surface area contributed by atoms with Crippen LogP contribution in [0.2, 0.25) is 0 Å². The van der Waals surface area contributed by atoms with E-state index in [0.29, 0.717) is 11.9 Å². The van der Waals surface area contributed by atoms with Gasteiger partial charge in [-0.15, -0.1) is 0 Å². The molecule has 0 bridgehead atoms. The van der Waals surface area contributed by atoms with Crippen molar-refractivity contribution < 1.29 is 26.2 Å². The van der Waals surface area contributed by atoms with E-state index < -0.39 is 33.1 Å². The van der Waals surface area contributed by atoms with Crippen LogP contribution >= 0.6 is 0 Å². The largest absolute Gasteiger partial charge is 0.436 e. The van der Waals surface area contributed by atoms with Gasteiger partial charge in [0.25, 0.3) is 0 Å². The minimum absolute atomic E-state index is 0.0153. The van der Waals surface area contributed by atoms with Crippen molar-refractivity contribution in [1.29, 1.82) is 0 Å². The lowest BCUT2D eigenvalue weighted by atomic mass is 10.1. The minimum atomic E-state index is -4.78. The van der Waals surface area contributed by atoms with Crippen LogP contribution in [0.25, 0.3) is 5.32 Å². The van der Waals surface area contributed by atoms with Crippen molar-refractivity contribution in [3.05, 3.63) is 65.6 Å².